The van der Waals surface area contributed by atoms with Crippen LogP contribution in [0, 0.1) is 5.82 Å². The molecule has 3 amide bonds. The molecular formula is C25H27FN4O16. The van der Waals surface area contributed by atoms with E-state index in [1.165, 1.54) is 18.2 Å². The van der Waals surface area contributed by atoms with E-state index >= 15 is 0 Å². The van der Waals surface area contributed by atoms with Gasteiger partial charge in [0.05, 0.1) is 0 Å². The summed E-state index contributed by atoms with van der Waals surface area (Å²) in [6.45, 7) is -2.06. The number of piperidine rings is 1. The molecule has 2 fully saturated rings. The quantitative estimate of drug-likeness (QED) is 0.101. The SMILES string of the molecule is O=C1NC(=O)C(O)(O)C(O)(O)C1N1Cc2c(NCc3cc(CN4C(O)(O)C(O)(O)OC(O)(O)C4(O)O)ccc3F)cccc2C1=O. The summed E-state index contributed by atoms with van der Waals surface area (Å²) in [6.07, 6.45) is 0. The number of carbonyl (C=O) groups is 3. The molecule has 21 heteroatoms. The first-order valence-electron chi connectivity index (χ1n) is 12.9. The van der Waals surface area contributed by atoms with Crippen molar-refractivity contribution in [3.8, 4) is 0 Å². The lowest BCUT2D eigenvalue weighted by atomic mass is 9.90. The molecule has 46 heavy (non-hydrogen) atoms. The molecule has 20 nitrogen and oxygen atoms in total. The lowest BCUT2D eigenvalue weighted by Gasteiger charge is -2.55. The number of nitrogens with zero attached hydrogens (tertiary/aromatic N) is 2. The molecule has 2 aromatic rings. The number of imide groups is 1. The number of benzene rings is 2. The fourth-order valence-corrected chi connectivity index (χ4v) is 5.26. The van der Waals surface area contributed by atoms with Crippen LogP contribution in [0.3, 0.4) is 0 Å². The highest BCUT2D eigenvalue weighted by Crippen LogP contribution is 2.42. The maximum atomic E-state index is 14.8. The monoisotopic (exact) mass is 658 g/mol. The Labute approximate surface area is 254 Å². The summed E-state index contributed by atoms with van der Waals surface area (Å²) < 4.78 is 18.6. The van der Waals surface area contributed by atoms with Crippen LogP contribution in [0.1, 0.15) is 27.0 Å². The maximum Gasteiger partial charge on any atom is 0.356 e. The summed E-state index contributed by atoms with van der Waals surface area (Å²) in [6, 6.07) is 4.55. The molecule has 3 aliphatic heterocycles. The van der Waals surface area contributed by atoms with E-state index in [0.29, 0.717) is 4.90 Å². The second-order valence-corrected chi connectivity index (χ2v) is 10.8. The average molecular weight is 659 g/mol. The number of fused-ring (bicyclic) bond motifs is 1. The number of rotatable bonds is 6. The van der Waals surface area contributed by atoms with Crippen LogP contribution in [0.25, 0.3) is 0 Å². The van der Waals surface area contributed by atoms with Crippen LogP contribution >= 0.6 is 0 Å². The predicted molar refractivity (Wildman–Crippen MR) is 137 cm³/mol. The third-order valence-corrected chi connectivity index (χ3v) is 7.83. The van der Waals surface area contributed by atoms with Gasteiger partial charge in [0.25, 0.3) is 23.5 Å². The molecule has 0 spiro atoms. The minimum absolute atomic E-state index is 0.0917. The Morgan fingerprint density at radius 3 is 2.11 bits per heavy atom. The van der Waals surface area contributed by atoms with Crippen molar-refractivity contribution in [1.82, 2.24) is 15.1 Å². The first-order chi connectivity index (χ1) is 21.0. The van der Waals surface area contributed by atoms with Gasteiger partial charge >= 0.3 is 29.6 Å². The highest BCUT2D eigenvalue weighted by molar-refractivity contribution is 6.08. The Hall–Kier alpha value is -3.78. The Morgan fingerprint density at radius 2 is 1.50 bits per heavy atom. The van der Waals surface area contributed by atoms with Crippen molar-refractivity contribution < 1.29 is 84.8 Å². The number of nitrogens with one attached hydrogen (secondary N) is 2. The highest BCUT2D eigenvalue weighted by atomic mass is 19.1. The highest BCUT2D eigenvalue weighted by Gasteiger charge is 2.74. The molecule has 0 aliphatic carbocycles. The smallest absolute Gasteiger partial charge is 0.356 e. The average Bonchev–Trinajstić information content (AvgIpc) is 3.25. The maximum absolute atomic E-state index is 14.8. The van der Waals surface area contributed by atoms with Gasteiger partial charge in [0.15, 0.2) is 6.04 Å². The molecule has 0 bridgehead atoms. The van der Waals surface area contributed by atoms with E-state index in [1.54, 1.807) is 5.32 Å². The van der Waals surface area contributed by atoms with Gasteiger partial charge < -0.3 is 71.5 Å². The van der Waals surface area contributed by atoms with Crippen LogP contribution in [0.5, 0.6) is 0 Å². The van der Waals surface area contributed by atoms with Crippen LogP contribution < -0.4 is 10.6 Å². The first kappa shape index (κ1) is 33.6. The van der Waals surface area contributed by atoms with E-state index in [9.17, 15) is 80.1 Å². The Kier molecular flexibility index (Phi) is 7.56. The predicted octanol–water partition coefficient (Wildman–Crippen LogP) is -6.83. The van der Waals surface area contributed by atoms with E-state index < -0.39 is 84.6 Å². The van der Waals surface area contributed by atoms with Crippen molar-refractivity contribution in [2.45, 2.75) is 61.0 Å². The van der Waals surface area contributed by atoms with Gasteiger partial charge in [-0.15, -0.1) is 0 Å². The fraction of sp³-hybridized carbons (Fsp3) is 0.400. The van der Waals surface area contributed by atoms with Crippen molar-refractivity contribution in [3.05, 3.63) is 64.5 Å². The molecule has 1 unspecified atom stereocenters. The molecule has 5 rings (SSSR count). The number of morpholine rings is 1. The molecule has 0 radical (unpaired) electrons. The normalized spacial score (nSPS) is 25.6. The number of ether oxygens (including phenoxy) is 1. The number of anilines is 1. The zero-order valence-corrected chi connectivity index (χ0v) is 22.9. The lowest BCUT2D eigenvalue weighted by Crippen LogP contribution is -2.83. The molecule has 0 aromatic heterocycles. The zero-order chi connectivity index (χ0) is 34.4. The van der Waals surface area contributed by atoms with Crippen LogP contribution in [-0.4, -0.2) is 130 Å². The van der Waals surface area contributed by atoms with Gasteiger partial charge in [0, 0.05) is 42.0 Å². The van der Waals surface area contributed by atoms with Crippen LogP contribution in [0.4, 0.5) is 10.1 Å². The summed E-state index contributed by atoms with van der Waals surface area (Å²) in [4.78, 5) is 37.6. The Balaban J connectivity index is 1.39. The number of hydrogen-bond donors (Lipinski definition) is 14. The number of aliphatic hydroxyl groups is 12. The summed E-state index contributed by atoms with van der Waals surface area (Å²) in [5, 5.41) is 125. The summed E-state index contributed by atoms with van der Waals surface area (Å²) in [7, 11) is 0. The summed E-state index contributed by atoms with van der Waals surface area (Å²) in [5.74, 6) is -29.4. The van der Waals surface area contributed by atoms with Crippen molar-refractivity contribution >= 4 is 23.4 Å². The summed E-state index contributed by atoms with van der Waals surface area (Å²) in [5.41, 5.74) is -0.232. The van der Waals surface area contributed by atoms with E-state index in [1.807, 2.05) is 0 Å². The van der Waals surface area contributed by atoms with Crippen molar-refractivity contribution in [2.75, 3.05) is 5.32 Å². The molecular weight excluding hydrogens is 631 g/mol. The van der Waals surface area contributed by atoms with Gasteiger partial charge in [-0.3, -0.25) is 24.4 Å². The molecule has 250 valence electrons. The van der Waals surface area contributed by atoms with Gasteiger partial charge in [-0.2, -0.15) is 4.90 Å². The molecule has 2 aromatic carbocycles. The van der Waals surface area contributed by atoms with Gasteiger partial charge in [-0.25, -0.2) is 4.39 Å². The lowest BCUT2D eigenvalue weighted by molar-refractivity contribution is -0.659. The molecule has 14 N–H and O–H groups in total. The minimum atomic E-state index is -4.19. The van der Waals surface area contributed by atoms with Gasteiger partial charge in [-0.1, -0.05) is 12.1 Å². The second kappa shape index (κ2) is 10.4. The van der Waals surface area contributed by atoms with Crippen LogP contribution in [-0.2, 0) is 34.0 Å². The van der Waals surface area contributed by atoms with Crippen LogP contribution in [0.15, 0.2) is 36.4 Å². The number of carbonyl (C=O) groups excluding carboxylic acids is 3. The van der Waals surface area contributed by atoms with Gasteiger partial charge in [-0.05, 0) is 29.8 Å². The molecule has 2 saturated heterocycles. The van der Waals surface area contributed by atoms with E-state index in [4.69, 9.17) is 0 Å². The molecule has 3 aliphatic rings. The van der Waals surface area contributed by atoms with Crippen molar-refractivity contribution in [1.29, 1.82) is 0 Å². The third kappa shape index (κ3) is 4.83. The van der Waals surface area contributed by atoms with Crippen LogP contribution in [0.2, 0.25) is 0 Å². The molecule has 3 heterocycles. The largest absolute Gasteiger partial charge is 0.381 e. The van der Waals surface area contributed by atoms with Gasteiger partial charge in [0.1, 0.15) is 5.82 Å². The Morgan fingerprint density at radius 1 is 0.891 bits per heavy atom. The first-order valence-corrected chi connectivity index (χ1v) is 12.9. The van der Waals surface area contributed by atoms with E-state index in [0.717, 1.165) is 18.2 Å². The van der Waals surface area contributed by atoms with Crippen molar-refractivity contribution in [3.63, 3.8) is 0 Å². The Bertz CT molecular complexity index is 1600. The van der Waals surface area contributed by atoms with Crippen molar-refractivity contribution in [2.24, 2.45) is 0 Å². The fourth-order valence-electron chi connectivity index (χ4n) is 5.26. The minimum Gasteiger partial charge on any atom is -0.381 e. The number of amides is 3. The van der Waals surface area contributed by atoms with E-state index in [2.05, 4.69) is 10.1 Å². The number of hydrogen-bond acceptors (Lipinski definition) is 18. The number of halogens is 1. The standard InChI is InChI=1S/C25H27FN4O16/c26-14-5-4-10(8-30-22(38,39)24(42,43)46-25(44,45)23(30,40)41)6-11(14)7-27-15-3-1-2-12-13(15)9-29(18(12)32)16-17(31)28-19(33)21(36,37)20(16,34)35/h1-6,16,27,34-45H,7-9H2,(H,28,31,33). The summed E-state index contributed by atoms with van der Waals surface area (Å²) >= 11 is 0. The molecule has 1 atom stereocenters. The second-order valence-electron chi connectivity index (χ2n) is 10.8. The molecule has 0 saturated carbocycles. The van der Waals surface area contributed by atoms with Gasteiger partial charge in [0.2, 0.25) is 0 Å². The topological polar surface area (TPSA) is 334 Å². The third-order valence-electron chi connectivity index (χ3n) is 7.83. The van der Waals surface area contributed by atoms with E-state index in [-0.39, 0.29) is 32.8 Å². The zero-order valence-electron chi connectivity index (χ0n) is 22.9.